The molecule has 0 spiro atoms. The van der Waals surface area contributed by atoms with E-state index in [1.54, 1.807) is 0 Å². The summed E-state index contributed by atoms with van der Waals surface area (Å²) in [4.78, 5) is 0. The molecule has 2 aliphatic rings. The van der Waals surface area contributed by atoms with Crippen LogP contribution in [0.25, 0.3) is 0 Å². The Balaban J connectivity index is 0.000000269. The van der Waals surface area contributed by atoms with Gasteiger partial charge >= 0.3 is 0 Å². The number of fused-ring (bicyclic) bond motifs is 1. The molecule has 0 bridgehead atoms. The van der Waals surface area contributed by atoms with Gasteiger partial charge in [-0.3, -0.25) is 0 Å². The zero-order valence-electron chi connectivity index (χ0n) is 9.19. The Hall–Kier alpha value is -0.0400. The highest BCUT2D eigenvalue weighted by Crippen LogP contribution is 2.33. The first kappa shape index (κ1) is 12.0. The first-order chi connectivity index (χ1) is 5.97. The molecule has 74 valence electrons. The van der Waals surface area contributed by atoms with E-state index in [1.165, 1.54) is 32.4 Å². The SMILES string of the molecule is C1C[C@@H]2CNC[C@@H]2C1.CC.CC. The van der Waals surface area contributed by atoms with Gasteiger partial charge in [0.1, 0.15) is 0 Å². The molecule has 1 heteroatoms. The molecule has 0 aromatic carbocycles. The second-order valence-electron chi connectivity index (χ2n) is 3.11. The number of rotatable bonds is 0. The van der Waals surface area contributed by atoms with Gasteiger partial charge in [0.25, 0.3) is 0 Å². The van der Waals surface area contributed by atoms with Crippen molar-refractivity contribution in [3.8, 4) is 0 Å². The molecule has 0 amide bonds. The van der Waals surface area contributed by atoms with Crippen LogP contribution in [0.4, 0.5) is 0 Å². The monoisotopic (exact) mass is 171 g/mol. The lowest BCUT2D eigenvalue weighted by molar-refractivity contribution is 0.494. The molecule has 1 heterocycles. The average molecular weight is 171 g/mol. The molecule has 1 aliphatic heterocycles. The Morgan fingerprint density at radius 1 is 0.833 bits per heavy atom. The van der Waals surface area contributed by atoms with Crippen molar-refractivity contribution in [3.05, 3.63) is 0 Å². The largest absolute Gasteiger partial charge is 0.316 e. The molecule has 1 aliphatic carbocycles. The van der Waals surface area contributed by atoms with E-state index in [9.17, 15) is 0 Å². The smallest absolute Gasteiger partial charge is 0.00173 e. The van der Waals surface area contributed by atoms with Crippen LogP contribution in [-0.2, 0) is 0 Å². The third-order valence-corrected chi connectivity index (χ3v) is 2.63. The lowest BCUT2D eigenvalue weighted by Gasteiger charge is -2.02. The van der Waals surface area contributed by atoms with E-state index in [4.69, 9.17) is 0 Å². The molecular weight excluding hydrogens is 146 g/mol. The van der Waals surface area contributed by atoms with Crippen molar-refractivity contribution in [2.24, 2.45) is 11.8 Å². The van der Waals surface area contributed by atoms with Crippen molar-refractivity contribution >= 4 is 0 Å². The maximum Gasteiger partial charge on any atom is -0.00173 e. The molecule has 12 heavy (non-hydrogen) atoms. The Morgan fingerprint density at radius 3 is 1.67 bits per heavy atom. The van der Waals surface area contributed by atoms with Gasteiger partial charge in [0.2, 0.25) is 0 Å². The second-order valence-corrected chi connectivity index (χ2v) is 3.11. The first-order valence-electron chi connectivity index (χ1n) is 5.67. The van der Waals surface area contributed by atoms with Gasteiger partial charge in [-0.25, -0.2) is 0 Å². The molecule has 1 saturated carbocycles. The Labute approximate surface area is 77.9 Å². The van der Waals surface area contributed by atoms with Gasteiger partial charge in [0.15, 0.2) is 0 Å². The van der Waals surface area contributed by atoms with Gasteiger partial charge < -0.3 is 5.32 Å². The summed E-state index contributed by atoms with van der Waals surface area (Å²) in [6.07, 6.45) is 4.49. The first-order valence-corrected chi connectivity index (χ1v) is 5.67. The minimum absolute atomic E-state index is 1.06. The zero-order chi connectivity index (χ0) is 9.40. The second kappa shape index (κ2) is 7.60. The molecule has 2 atom stereocenters. The fourth-order valence-electron chi connectivity index (χ4n) is 2.11. The lowest BCUT2D eigenvalue weighted by Crippen LogP contribution is -2.08. The van der Waals surface area contributed by atoms with Gasteiger partial charge in [-0.1, -0.05) is 34.1 Å². The van der Waals surface area contributed by atoms with Crippen LogP contribution in [-0.4, -0.2) is 13.1 Å². The normalized spacial score (nSPS) is 31.0. The van der Waals surface area contributed by atoms with Crippen molar-refractivity contribution in [1.29, 1.82) is 0 Å². The zero-order valence-corrected chi connectivity index (χ0v) is 9.19. The van der Waals surface area contributed by atoms with E-state index >= 15 is 0 Å². The Morgan fingerprint density at radius 2 is 1.25 bits per heavy atom. The van der Waals surface area contributed by atoms with Crippen LogP contribution in [0.3, 0.4) is 0 Å². The predicted molar refractivity (Wildman–Crippen MR) is 56.4 cm³/mol. The van der Waals surface area contributed by atoms with Crippen LogP contribution in [0.2, 0.25) is 0 Å². The minimum Gasteiger partial charge on any atom is -0.316 e. The quantitative estimate of drug-likeness (QED) is 0.590. The van der Waals surface area contributed by atoms with Crippen LogP contribution in [0.5, 0.6) is 0 Å². The summed E-state index contributed by atoms with van der Waals surface area (Å²) < 4.78 is 0. The fourth-order valence-corrected chi connectivity index (χ4v) is 2.11. The maximum absolute atomic E-state index is 3.42. The molecule has 1 nitrogen and oxygen atoms in total. The standard InChI is InChI=1S/C7H13N.2C2H6/c1-2-6-4-8-5-7(6)3-1;2*1-2/h6-8H,1-5H2;2*1-2H3/t6-,7+;;. The van der Waals surface area contributed by atoms with E-state index in [0.717, 1.165) is 11.8 Å². The number of nitrogens with one attached hydrogen (secondary N) is 1. The fraction of sp³-hybridized carbons (Fsp3) is 1.00. The molecule has 0 unspecified atom stereocenters. The van der Waals surface area contributed by atoms with Gasteiger partial charge in [0, 0.05) is 0 Å². The van der Waals surface area contributed by atoms with Crippen LogP contribution in [0, 0.1) is 11.8 Å². The Bertz CT molecular complexity index is 71.0. The van der Waals surface area contributed by atoms with Crippen molar-refractivity contribution in [1.82, 2.24) is 5.32 Å². The van der Waals surface area contributed by atoms with E-state index in [-0.39, 0.29) is 0 Å². The highest BCUT2D eigenvalue weighted by atomic mass is 14.9. The lowest BCUT2D eigenvalue weighted by atomic mass is 10.0. The van der Waals surface area contributed by atoms with Gasteiger partial charge in [0.05, 0.1) is 0 Å². The topological polar surface area (TPSA) is 12.0 Å². The molecule has 2 fully saturated rings. The predicted octanol–water partition coefficient (Wildman–Crippen LogP) is 3.06. The van der Waals surface area contributed by atoms with Crippen molar-refractivity contribution in [2.75, 3.05) is 13.1 Å². The van der Waals surface area contributed by atoms with Crippen LogP contribution in [0.15, 0.2) is 0 Å². The number of hydrogen-bond donors (Lipinski definition) is 1. The van der Waals surface area contributed by atoms with Gasteiger partial charge in [-0.2, -0.15) is 0 Å². The van der Waals surface area contributed by atoms with Gasteiger partial charge in [-0.05, 0) is 37.8 Å². The third-order valence-electron chi connectivity index (χ3n) is 2.63. The summed E-state index contributed by atoms with van der Waals surface area (Å²) in [5.41, 5.74) is 0. The third kappa shape index (κ3) is 3.14. The maximum atomic E-state index is 3.42. The molecular formula is C11H25N. The molecule has 0 aromatic rings. The van der Waals surface area contributed by atoms with Crippen molar-refractivity contribution < 1.29 is 0 Å². The summed E-state index contributed by atoms with van der Waals surface area (Å²) in [5.74, 6) is 2.13. The van der Waals surface area contributed by atoms with E-state index in [2.05, 4.69) is 5.32 Å². The number of hydrogen-bond acceptors (Lipinski definition) is 1. The minimum atomic E-state index is 1.06. The summed E-state index contributed by atoms with van der Waals surface area (Å²) >= 11 is 0. The van der Waals surface area contributed by atoms with Gasteiger partial charge in [-0.15, -0.1) is 0 Å². The molecule has 0 aromatic heterocycles. The highest BCUT2D eigenvalue weighted by Gasteiger charge is 2.30. The van der Waals surface area contributed by atoms with E-state index < -0.39 is 0 Å². The molecule has 1 N–H and O–H groups in total. The Kier molecular flexibility index (Phi) is 7.58. The van der Waals surface area contributed by atoms with Crippen LogP contribution in [0.1, 0.15) is 47.0 Å². The molecule has 2 rings (SSSR count). The van der Waals surface area contributed by atoms with Crippen LogP contribution < -0.4 is 5.32 Å². The summed E-state index contributed by atoms with van der Waals surface area (Å²) in [5, 5.41) is 3.42. The summed E-state index contributed by atoms with van der Waals surface area (Å²) in [7, 11) is 0. The average Bonchev–Trinajstić information content (AvgIpc) is 2.72. The van der Waals surface area contributed by atoms with Crippen molar-refractivity contribution in [2.45, 2.75) is 47.0 Å². The summed E-state index contributed by atoms with van der Waals surface area (Å²) in [6, 6.07) is 0. The van der Waals surface area contributed by atoms with E-state index in [0.29, 0.717) is 0 Å². The van der Waals surface area contributed by atoms with Crippen LogP contribution >= 0.6 is 0 Å². The van der Waals surface area contributed by atoms with Crippen molar-refractivity contribution in [3.63, 3.8) is 0 Å². The molecule has 1 saturated heterocycles. The summed E-state index contributed by atoms with van der Waals surface area (Å²) in [6.45, 7) is 10.6. The van der Waals surface area contributed by atoms with E-state index in [1.807, 2.05) is 27.7 Å². The molecule has 0 radical (unpaired) electrons. The highest BCUT2D eigenvalue weighted by molar-refractivity contribution is 4.85.